The molecule has 0 aliphatic carbocycles. The maximum absolute atomic E-state index is 12.9. The Bertz CT molecular complexity index is 766. The van der Waals surface area contributed by atoms with Gasteiger partial charge < -0.3 is 10.6 Å². The van der Waals surface area contributed by atoms with E-state index in [4.69, 9.17) is 11.6 Å². The van der Waals surface area contributed by atoms with E-state index in [-0.39, 0.29) is 24.2 Å². The van der Waals surface area contributed by atoms with Crippen molar-refractivity contribution < 1.29 is 14.0 Å². The summed E-state index contributed by atoms with van der Waals surface area (Å²) in [6.07, 6.45) is 0.611. The summed E-state index contributed by atoms with van der Waals surface area (Å²) in [5.74, 6) is -0.667. The number of nitrogens with one attached hydrogen (secondary N) is 2. The SMILES string of the molecule is C[C@@H](C(=O)NCCc1ccc(F)cc1)N(C)CC(=O)Nc1ccc(Cl)cc1. The number of anilines is 1. The number of amides is 2. The van der Waals surface area contributed by atoms with Crippen molar-refractivity contribution in [1.29, 1.82) is 0 Å². The Balaban J connectivity index is 1.74. The van der Waals surface area contributed by atoms with Gasteiger partial charge in [0.1, 0.15) is 5.82 Å². The topological polar surface area (TPSA) is 61.4 Å². The zero-order valence-corrected chi connectivity index (χ0v) is 16.1. The van der Waals surface area contributed by atoms with Gasteiger partial charge in [-0.2, -0.15) is 0 Å². The second-order valence-corrected chi connectivity index (χ2v) is 6.75. The third kappa shape index (κ3) is 7.00. The van der Waals surface area contributed by atoms with E-state index in [2.05, 4.69) is 10.6 Å². The summed E-state index contributed by atoms with van der Waals surface area (Å²) in [5.41, 5.74) is 1.59. The predicted molar refractivity (Wildman–Crippen MR) is 105 cm³/mol. The lowest BCUT2D eigenvalue weighted by Gasteiger charge is -2.23. The number of rotatable bonds is 8. The van der Waals surface area contributed by atoms with Crippen molar-refractivity contribution in [2.24, 2.45) is 0 Å². The summed E-state index contributed by atoms with van der Waals surface area (Å²) in [6.45, 7) is 2.26. The number of nitrogens with zero attached hydrogens (tertiary/aromatic N) is 1. The molecule has 5 nitrogen and oxygen atoms in total. The van der Waals surface area contributed by atoms with Crippen molar-refractivity contribution in [3.05, 3.63) is 64.9 Å². The lowest BCUT2D eigenvalue weighted by Crippen LogP contribution is -2.46. The molecule has 144 valence electrons. The van der Waals surface area contributed by atoms with Gasteiger partial charge in [0.25, 0.3) is 0 Å². The Morgan fingerprint density at radius 2 is 1.74 bits per heavy atom. The maximum Gasteiger partial charge on any atom is 0.238 e. The second-order valence-electron chi connectivity index (χ2n) is 6.31. The maximum atomic E-state index is 12.9. The van der Waals surface area contributed by atoms with Crippen LogP contribution in [-0.2, 0) is 16.0 Å². The first-order valence-corrected chi connectivity index (χ1v) is 9.01. The molecule has 7 heteroatoms. The van der Waals surface area contributed by atoms with E-state index >= 15 is 0 Å². The van der Waals surface area contributed by atoms with Gasteiger partial charge in [-0.1, -0.05) is 23.7 Å². The van der Waals surface area contributed by atoms with E-state index < -0.39 is 6.04 Å². The number of hydrogen-bond donors (Lipinski definition) is 2. The highest BCUT2D eigenvalue weighted by Gasteiger charge is 2.19. The lowest BCUT2D eigenvalue weighted by atomic mass is 10.1. The minimum atomic E-state index is -0.464. The van der Waals surface area contributed by atoms with E-state index in [0.717, 1.165) is 5.56 Å². The van der Waals surface area contributed by atoms with Crippen LogP contribution in [0.1, 0.15) is 12.5 Å². The molecule has 2 amide bonds. The minimum absolute atomic E-state index is 0.0785. The van der Waals surface area contributed by atoms with Gasteiger partial charge in [-0.05, 0) is 62.4 Å². The number of benzene rings is 2. The molecule has 0 saturated heterocycles. The van der Waals surface area contributed by atoms with Gasteiger partial charge in [0.05, 0.1) is 12.6 Å². The molecule has 0 heterocycles. The van der Waals surface area contributed by atoms with Gasteiger partial charge in [0.2, 0.25) is 11.8 Å². The lowest BCUT2D eigenvalue weighted by molar-refractivity contribution is -0.126. The van der Waals surface area contributed by atoms with Gasteiger partial charge in [0, 0.05) is 17.3 Å². The van der Waals surface area contributed by atoms with Crippen LogP contribution >= 0.6 is 11.6 Å². The van der Waals surface area contributed by atoms with Crippen LogP contribution in [0.2, 0.25) is 5.02 Å². The van der Waals surface area contributed by atoms with Crippen LogP contribution in [0.5, 0.6) is 0 Å². The molecule has 0 unspecified atom stereocenters. The number of halogens is 2. The Kier molecular flexibility index (Phi) is 7.76. The number of carbonyl (C=O) groups excluding carboxylic acids is 2. The third-order valence-corrected chi connectivity index (χ3v) is 4.44. The average molecular weight is 392 g/mol. The smallest absolute Gasteiger partial charge is 0.238 e. The number of likely N-dealkylation sites (N-methyl/N-ethyl adjacent to an activating group) is 1. The Hall–Kier alpha value is -2.44. The monoisotopic (exact) mass is 391 g/mol. The summed E-state index contributed by atoms with van der Waals surface area (Å²) in [7, 11) is 1.71. The van der Waals surface area contributed by atoms with Crippen LogP contribution in [0.3, 0.4) is 0 Å². The minimum Gasteiger partial charge on any atom is -0.354 e. The zero-order chi connectivity index (χ0) is 19.8. The molecular weight excluding hydrogens is 369 g/mol. The highest BCUT2D eigenvalue weighted by Crippen LogP contribution is 2.13. The zero-order valence-electron chi connectivity index (χ0n) is 15.3. The van der Waals surface area contributed by atoms with E-state index in [9.17, 15) is 14.0 Å². The van der Waals surface area contributed by atoms with Gasteiger partial charge in [-0.15, -0.1) is 0 Å². The first kappa shape index (κ1) is 20.9. The summed E-state index contributed by atoms with van der Waals surface area (Å²) in [4.78, 5) is 26.0. The van der Waals surface area contributed by atoms with Crippen molar-refractivity contribution in [2.45, 2.75) is 19.4 Å². The molecule has 2 aromatic carbocycles. The molecule has 27 heavy (non-hydrogen) atoms. The normalized spacial score (nSPS) is 11.9. The third-order valence-electron chi connectivity index (χ3n) is 4.19. The first-order valence-electron chi connectivity index (χ1n) is 8.63. The molecule has 2 aromatic rings. The molecule has 0 fully saturated rings. The van der Waals surface area contributed by atoms with Crippen LogP contribution in [0, 0.1) is 5.82 Å². The average Bonchev–Trinajstić information content (AvgIpc) is 2.64. The highest BCUT2D eigenvalue weighted by molar-refractivity contribution is 6.30. The van der Waals surface area contributed by atoms with E-state index in [1.165, 1.54) is 12.1 Å². The van der Waals surface area contributed by atoms with Crippen molar-refractivity contribution in [3.63, 3.8) is 0 Å². The van der Waals surface area contributed by atoms with Crippen LogP contribution in [0.25, 0.3) is 0 Å². The molecule has 2 rings (SSSR count). The molecule has 0 spiro atoms. The van der Waals surface area contributed by atoms with Crippen LogP contribution < -0.4 is 10.6 Å². The fraction of sp³-hybridized carbons (Fsp3) is 0.300. The number of hydrogen-bond acceptors (Lipinski definition) is 3. The highest BCUT2D eigenvalue weighted by atomic mass is 35.5. The second kappa shape index (κ2) is 10.0. The van der Waals surface area contributed by atoms with Gasteiger partial charge in [0.15, 0.2) is 0 Å². The molecule has 2 N–H and O–H groups in total. The van der Waals surface area contributed by atoms with Crippen molar-refractivity contribution in [2.75, 3.05) is 25.5 Å². The van der Waals surface area contributed by atoms with Crippen LogP contribution in [-0.4, -0.2) is 42.9 Å². The summed E-state index contributed by atoms with van der Waals surface area (Å²) in [6, 6.07) is 12.5. The van der Waals surface area contributed by atoms with Gasteiger partial charge in [-0.25, -0.2) is 4.39 Å². The van der Waals surface area contributed by atoms with Crippen LogP contribution in [0.4, 0.5) is 10.1 Å². The van der Waals surface area contributed by atoms with Crippen molar-refractivity contribution in [1.82, 2.24) is 10.2 Å². The molecule has 0 aliphatic rings. The fourth-order valence-electron chi connectivity index (χ4n) is 2.43. The Morgan fingerprint density at radius 1 is 1.11 bits per heavy atom. The van der Waals surface area contributed by atoms with E-state index in [0.29, 0.717) is 23.7 Å². The van der Waals surface area contributed by atoms with Crippen LogP contribution in [0.15, 0.2) is 48.5 Å². The van der Waals surface area contributed by atoms with Gasteiger partial charge >= 0.3 is 0 Å². The number of carbonyl (C=O) groups is 2. The molecule has 1 atom stereocenters. The van der Waals surface area contributed by atoms with E-state index in [1.807, 2.05) is 0 Å². The molecule has 0 saturated carbocycles. The summed E-state index contributed by atoms with van der Waals surface area (Å²) >= 11 is 5.81. The summed E-state index contributed by atoms with van der Waals surface area (Å²) < 4.78 is 12.9. The van der Waals surface area contributed by atoms with Crippen molar-refractivity contribution in [3.8, 4) is 0 Å². The Morgan fingerprint density at radius 3 is 2.37 bits per heavy atom. The van der Waals surface area contributed by atoms with E-state index in [1.54, 1.807) is 55.3 Å². The van der Waals surface area contributed by atoms with Crippen molar-refractivity contribution >= 4 is 29.1 Å². The standard InChI is InChI=1S/C20H23ClFN3O2/c1-14(20(27)23-12-11-15-3-7-17(22)8-4-15)25(2)13-19(26)24-18-9-5-16(21)6-10-18/h3-10,14H,11-13H2,1-2H3,(H,23,27)(H,24,26)/t14-/m0/s1. The molecular formula is C20H23ClFN3O2. The Labute approximate surface area is 163 Å². The molecule has 0 radical (unpaired) electrons. The summed E-state index contributed by atoms with van der Waals surface area (Å²) in [5, 5.41) is 6.19. The quantitative estimate of drug-likeness (QED) is 0.727. The molecule has 0 aliphatic heterocycles. The largest absolute Gasteiger partial charge is 0.354 e. The predicted octanol–water partition coefficient (Wildman–Crippen LogP) is 3.10. The molecule has 0 bridgehead atoms. The van der Waals surface area contributed by atoms with Gasteiger partial charge in [-0.3, -0.25) is 14.5 Å². The fourth-order valence-corrected chi connectivity index (χ4v) is 2.55. The molecule has 0 aromatic heterocycles. The first-order chi connectivity index (χ1) is 12.8.